The normalized spacial score (nSPS) is 12.8. The van der Waals surface area contributed by atoms with E-state index in [0.29, 0.717) is 0 Å². The highest BCUT2D eigenvalue weighted by molar-refractivity contribution is 5.70. The van der Waals surface area contributed by atoms with Gasteiger partial charge in [-0.2, -0.15) is 0 Å². The minimum atomic E-state index is -0.541. The first-order chi connectivity index (χ1) is 12.0. The van der Waals surface area contributed by atoms with Gasteiger partial charge < -0.3 is 15.2 Å². The maximum atomic E-state index is 10.4. The first-order valence-corrected chi connectivity index (χ1v) is 9.22. The summed E-state index contributed by atoms with van der Waals surface area (Å²) < 4.78 is 5.45. The lowest BCUT2D eigenvalue weighted by Crippen LogP contribution is -2.32. The van der Waals surface area contributed by atoms with Gasteiger partial charge in [-0.05, 0) is 49.9 Å². The van der Waals surface area contributed by atoms with Gasteiger partial charge in [-0.25, -0.2) is 0 Å². The molecular weight excluding hydrogens is 310 g/mol. The van der Waals surface area contributed by atoms with Crippen LogP contribution < -0.4 is 10.1 Å². The van der Waals surface area contributed by atoms with Crippen molar-refractivity contribution in [1.82, 2.24) is 5.32 Å². The van der Waals surface area contributed by atoms with Crippen molar-refractivity contribution in [2.45, 2.75) is 51.7 Å². The van der Waals surface area contributed by atoms with Crippen LogP contribution in [0.15, 0.2) is 48.5 Å². The third-order valence-corrected chi connectivity index (χ3v) is 5.19. The predicted molar refractivity (Wildman–Crippen MR) is 105 cm³/mol. The molecule has 0 fully saturated rings. The van der Waals surface area contributed by atoms with Crippen molar-refractivity contribution in [2.24, 2.45) is 0 Å². The molecular formula is C22H31NO2. The third-order valence-electron chi connectivity index (χ3n) is 5.19. The Kier molecular flexibility index (Phi) is 7.03. The Bertz CT molecular complexity index is 647. The van der Waals surface area contributed by atoms with Crippen LogP contribution >= 0.6 is 0 Å². The zero-order valence-electron chi connectivity index (χ0n) is 15.9. The molecule has 2 aromatic rings. The average Bonchev–Trinajstić information content (AvgIpc) is 2.67. The van der Waals surface area contributed by atoms with Gasteiger partial charge in [0, 0.05) is 11.6 Å². The van der Waals surface area contributed by atoms with Gasteiger partial charge in [0.05, 0.1) is 12.7 Å². The van der Waals surface area contributed by atoms with Crippen molar-refractivity contribution >= 4 is 0 Å². The van der Waals surface area contributed by atoms with Gasteiger partial charge in [0.1, 0.15) is 5.75 Å². The molecule has 0 bridgehead atoms. The van der Waals surface area contributed by atoms with Gasteiger partial charge in [0.15, 0.2) is 0 Å². The van der Waals surface area contributed by atoms with Crippen molar-refractivity contribution in [3.05, 3.63) is 54.1 Å². The molecule has 1 atom stereocenters. The molecule has 3 nitrogen and oxygen atoms in total. The van der Waals surface area contributed by atoms with E-state index >= 15 is 0 Å². The number of nitrogens with one attached hydrogen (secondary N) is 1. The quantitative estimate of drug-likeness (QED) is 0.678. The van der Waals surface area contributed by atoms with Crippen molar-refractivity contribution in [2.75, 3.05) is 13.7 Å². The predicted octanol–water partition coefficient (Wildman–Crippen LogP) is 4.95. The number of para-hydroxylation sites is 1. The van der Waals surface area contributed by atoms with Gasteiger partial charge >= 0.3 is 0 Å². The summed E-state index contributed by atoms with van der Waals surface area (Å²) in [5.41, 5.74) is 2.96. The lowest BCUT2D eigenvalue weighted by Gasteiger charge is -2.26. The van der Waals surface area contributed by atoms with Crippen LogP contribution in [0.25, 0.3) is 11.1 Å². The first-order valence-electron chi connectivity index (χ1n) is 9.22. The van der Waals surface area contributed by atoms with Gasteiger partial charge in [-0.1, -0.05) is 56.3 Å². The fourth-order valence-corrected chi connectivity index (χ4v) is 3.08. The van der Waals surface area contributed by atoms with E-state index in [9.17, 15) is 5.11 Å². The van der Waals surface area contributed by atoms with E-state index in [0.717, 1.165) is 42.7 Å². The standard InChI is InChI=1S/C22H31NO2/c1-5-22(24,6-2)15-16-23-17(3)18-11-13-19(14-12-18)20-9-7-8-10-21(20)25-4/h7-14,17,23-24H,5-6,15-16H2,1-4H3. The highest BCUT2D eigenvalue weighted by atomic mass is 16.5. The number of rotatable bonds is 9. The molecule has 0 aliphatic carbocycles. The molecule has 136 valence electrons. The Morgan fingerprint density at radius 1 is 1.04 bits per heavy atom. The Balaban J connectivity index is 1.99. The van der Waals surface area contributed by atoms with E-state index in [1.54, 1.807) is 7.11 Å². The van der Waals surface area contributed by atoms with Crippen LogP contribution in [0.4, 0.5) is 0 Å². The van der Waals surface area contributed by atoms with Gasteiger partial charge in [-0.3, -0.25) is 0 Å². The third kappa shape index (κ3) is 5.07. The lowest BCUT2D eigenvalue weighted by atomic mass is 9.93. The van der Waals surface area contributed by atoms with E-state index in [2.05, 4.69) is 42.6 Å². The second-order valence-corrected chi connectivity index (χ2v) is 6.68. The van der Waals surface area contributed by atoms with E-state index in [4.69, 9.17) is 4.74 Å². The van der Waals surface area contributed by atoms with Crippen molar-refractivity contribution in [1.29, 1.82) is 0 Å². The number of methoxy groups -OCH3 is 1. The minimum Gasteiger partial charge on any atom is -0.496 e. The first kappa shape index (κ1) is 19.5. The summed E-state index contributed by atoms with van der Waals surface area (Å²) in [6.45, 7) is 7.07. The molecule has 2 aromatic carbocycles. The van der Waals surface area contributed by atoms with E-state index < -0.39 is 5.60 Å². The molecule has 3 heteroatoms. The SMILES string of the molecule is CCC(O)(CC)CCNC(C)c1ccc(-c2ccccc2OC)cc1. The maximum Gasteiger partial charge on any atom is 0.126 e. The molecule has 0 aliphatic heterocycles. The van der Waals surface area contributed by atoms with Crippen LogP contribution in [-0.4, -0.2) is 24.4 Å². The molecule has 0 spiro atoms. The summed E-state index contributed by atoms with van der Waals surface area (Å²) in [4.78, 5) is 0. The zero-order chi connectivity index (χ0) is 18.3. The molecule has 0 radical (unpaired) electrons. The minimum absolute atomic E-state index is 0.254. The topological polar surface area (TPSA) is 41.5 Å². The Labute approximate surface area is 152 Å². The van der Waals surface area contributed by atoms with Crippen molar-refractivity contribution in [3.8, 4) is 16.9 Å². The van der Waals surface area contributed by atoms with Crippen molar-refractivity contribution in [3.63, 3.8) is 0 Å². The largest absolute Gasteiger partial charge is 0.496 e. The molecule has 0 aromatic heterocycles. The van der Waals surface area contributed by atoms with Crippen LogP contribution in [0, 0.1) is 0 Å². The van der Waals surface area contributed by atoms with E-state index in [1.165, 1.54) is 5.56 Å². The monoisotopic (exact) mass is 341 g/mol. The molecule has 0 aliphatic rings. The summed E-state index contributed by atoms with van der Waals surface area (Å²) in [6.07, 6.45) is 2.38. The summed E-state index contributed by atoms with van der Waals surface area (Å²) in [5.74, 6) is 0.889. The molecule has 2 rings (SSSR count). The zero-order valence-corrected chi connectivity index (χ0v) is 15.9. The second kappa shape index (κ2) is 9.02. The molecule has 2 N–H and O–H groups in total. The van der Waals surface area contributed by atoms with Crippen LogP contribution in [-0.2, 0) is 0 Å². The van der Waals surface area contributed by atoms with Gasteiger partial charge in [0.25, 0.3) is 0 Å². The smallest absolute Gasteiger partial charge is 0.126 e. The maximum absolute atomic E-state index is 10.4. The van der Waals surface area contributed by atoms with Crippen LogP contribution in [0.3, 0.4) is 0 Å². The number of hydrogen-bond donors (Lipinski definition) is 2. The van der Waals surface area contributed by atoms with Gasteiger partial charge in [-0.15, -0.1) is 0 Å². The number of hydrogen-bond acceptors (Lipinski definition) is 3. The molecule has 0 saturated heterocycles. The van der Waals surface area contributed by atoms with Crippen LogP contribution in [0.5, 0.6) is 5.75 Å². The molecule has 0 saturated carbocycles. The summed E-state index contributed by atoms with van der Waals surface area (Å²) in [6, 6.07) is 16.9. The Morgan fingerprint density at radius 2 is 1.68 bits per heavy atom. The summed E-state index contributed by atoms with van der Waals surface area (Å²) in [5, 5.41) is 13.9. The number of ether oxygens (including phenoxy) is 1. The number of benzene rings is 2. The molecule has 0 heterocycles. The lowest BCUT2D eigenvalue weighted by molar-refractivity contribution is 0.0235. The van der Waals surface area contributed by atoms with Crippen LogP contribution in [0.2, 0.25) is 0 Å². The number of aliphatic hydroxyl groups is 1. The fourth-order valence-electron chi connectivity index (χ4n) is 3.08. The summed E-state index contributed by atoms with van der Waals surface area (Å²) >= 11 is 0. The Morgan fingerprint density at radius 3 is 2.28 bits per heavy atom. The van der Waals surface area contributed by atoms with Crippen LogP contribution in [0.1, 0.15) is 51.6 Å². The fraction of sp³-hybridized carbons (Fsp3) is 0.455. The molecule has 1 unspecified atom stereocenters. The average molecular weight is 341 g/mol. The second-order valence-electron chi connectivity index (χ2n) is 6.68. The van der Waals surface area contributed by atoms with E-state index in [1.807, 2.05) is 32.0 Å². The Hall–Kier alpha value is -1.84. The summed E-state index contributed by atoms with van der Waals surface area (Å²) in [7, 11) is 1.70. The molecule has 0 amide bonds. The highest BCUT2D eigenvalue weighted by Gasteiger charge is 2.21. The molecule has 25 heavy (non-hydrogen) atoms. The van der Waals surface area contributed by atoms with E-state index in [-0.39, 0.29) is 6.04 Å². The van der Waals surface area contributed by atoms with Crippen molar-refractivity contribution < 1.29 is 9.84 Å². The highest BCUT2D eigenvalue weighted by Crippen LogP contribution is 2.30. The van der Waals surface area contributed by atoms with Gasteiger partial charge in [0.2, 0.25) is 0 Å².